The summed E-state index contributed by atoms with van der Waals surface area (Å²) in [5, 5.41) is 0. The van der Waals surface area contributed by atoms with Crippen molar-refractivity contribution < 1.29 is 18.7 Å². The zero-order valence-electron chi connectivity index (χ0n) is 10.1. The van der Waals surface area contributed by atoms with E-state index in [1.54, 1.807) is 0 Å². The van der Waals surface area contributed by atoms with Crippen LogP contribution >= 0.6 is 0 Å². The molecule has 0 spiro atoms. The Bertz CT molecular complexity index is 354. The van der Waals surface area contributed by atoms with Gasteiger partial charge in [-0.05, 0) is 6.42 Å². The van der Waals surface area contributed by atoms with Crippen LogP contribution < -0.4 is 4.74 Å². The van der Waals surface area contributed by atoms with E-state index in [2.05, 4.69) is 6.92 Å². The molecule has 1 aromatic rings. The molecule has 0 saturated heterocycles. The first-order chi connectivity index (χ1) is 8.27. The smallest absolute Gasteiger partial charge is 0.311 e. The van der Waals surface area contributed by atoms with Crippen LogP contribution in [0.4, 0.5) is 0 Å². The summed E-state index contributed by atoms with van der Waals surface area (Å²) in [5.74, 6) is -0.0473. The van der Waals surface area contributed by atoms with E-state index in [-0.39, 0.29) is 17.5 Å². The zero-order chi connectivity index (χ0) is 12.5. The van der Waals surface area contributed by atoms with E-state index < -0.39 is 0 Å². The highest BCUT2D eigenvalue weighted by Crippen LogP contribution is 2.18. The third kappa shape index (κ3) is 4.85. The summed E-state index contributed by atoms with van der Waals surface area (Å²) >= 11 is 0. The van der Waals surface area contributed by atoms with Gasteiger partial charge in [-0.25, -0.2) is 0 Å². The number of carbonyl (C=O) groups excluding carboxylic acids is 2. The Labute approximate surface area is 101 Å². The van der Waals surface area contributed by atoms with E-state index in [0.29, 0.717) is 12.7 Å². The van der Waals surface area contributed by atoms with Gasteiger partial charge in [0.05, 0.1) is 6.26 Å². The SMILES string of the molecule is CCCCCCCC(=O)Oc1ccoc1C=O. The van der Waals surface area contributed by atoms with E-state index in [9.17, 15) is 9.59 Å². The number of rotatable bonds is 8. The van der Waals surface area contributed by atoms with Gasteiger partial charge in [-0.15, -0.1) is 0 Å². The summed E-state index contributed by atoms with van der Waals surface area (Å²) in [6, 6.07) is 1.47. The van der Waals surface area contributed by atoms with Crippen LogP contribution in [0.3, 0.4) is 0 Å². The third-order valence-electron chi connectivity index (χ3n) is 2.47. The number of ether oxygens (including phenoxy) is 1. The molecule has 0 fully saturated rings. The number of carbonyl (C=O) groups is 2. The third-order valence-corrected chi connectivity index (χ3v) is 2.47. The second kappa shape index (κ2) is 7.65. The molecule has 0 aliphatic heterocycles. The molecule has 0 bridgehead atoms. The van der Waals surface area contributed by atoms with Gasteiger partial charge in [0, 0.05) is 12.5 Å². The van der Waals surface area contributed by atoms with Gasteiger partial charge in [-0.3, -0.25) is 9.59 Å². The predicted octanol–water partition coefficient (Wildman–Crippen LogP) is 3.36. The highest BCUT2D eigenvalue weighted by molar-refractivity contribution is 5.79. The minimum Gasteiger partial charge on any atom is -0.457 e. The summed E-state index contributed by atoms with van der Waals surface area (Å²) in [7, 11) is 0. The molecular weight excluding hydrogens is 220 g/mol. The summed E-state index contributed by atoms with van der Waals surface area (Å²) in [5.41, 5.74) is 0. The summed E-state index contributed by atoms with van der Waals surface area (Å²) in [4.78, 5) is 21.9. The van der Waals surface area contributed by atoms with E-state index in [1.807, 2.05) is 0 Å². The Morgan fingerprint density at radius 1 is 1.35 bits per heavy atom. The van der Waals surface area contributed by atoms with Crippen LogP contribution in [0.15, 0.2) is 16.7 Å². The van der Waals surface area contributed by atoms with Gasteiger partial charge in [0.2, 0.25) is 5.76 Å². The first kappa shape index (κ1) is 13.5. The lowest BCUT2D eigenvalue weighted by Crippen LogP contribution is -2.08. The molecule has 1 heterocycles. The highest BCUT2D eigenvalue weighted by Gasteiger charge is 2.11. The molecule has 0 aliphatic rings. The molecule has 1 aromatic heterocycles. The van der Waals surface area contributed by atoms with Crippen LogP contribution in [0, 0.1) is 0 Å². The number of unbranched alkanes of at least 4 members (excludes halogenated alkanes) is 4. The molecule has 0 saturated carbocycles. The molecule has 0 unspecified atom stereocenters. The molecule has 0 radical (unpaired) electrons. The van der Waals surface area contributed by atoms with Gasteiger partial charge < -0.3 is 9.15 Å². The molecule has 94 valence electrons. The van der Waals surface area contributed by atoms with Crippen molar-refractivity contribution in [3.8, 4) is 5.75 Å². The fraction of sp³-hybridized carbons (Fsp3) is 0.538. The van der Waals surface area contributed by atoms with Crippen molar-refractivity contribution in [3.63, 3.8) is 0 Å². The van der Waals surface area contributed by atoms with Crippen molar-refractivity contribution in [2.75, 3.05) is 0 Å². The fourth-order valence-corrected chi connectivity index (χ4v) is 1.53. The van der Waals surface area contributed by atoms with Crippen LogP contribution in [0.2, 0.25) is 0 Å². The van der Waals surface area contributed by atoms with Crippen molar-refractivity contribution in [3.05, 3.63) is 18.1 Å². The molecule has 0 aliphatic carbocycles. The topological polar surface area (TPSA) is 56.5 Å². The number of furan rings is 1. The number of aldehydes is 1. The van der Waals surface area contributed by atoms with Crippen LogP contribution in [0.1, 0.15) is 56.0 Å². The van der Waals surface area contributed by atoms with Crippen LogP contribution in [0.25, 0.3) is 0 Å². The van der Waals surface area contributed by atoms with Crippen LogP contribution in [0.5, 0.6) is 5.75 Å². The van der Waals surface area contributed by atoms with Crippen molar-refractivity contribution in [2.45, 2.75) is 45.4 Å². The second-order valence-electron chi connectivity index (χ2n) is 3.91. The van der Waals surface area contributed by atoms with E-state index >= 15 is 0 Å². The number of hydrogen-bond donors (Lipinski definition) is 0. The van der Waals surface area contributed by atoms with Crippen LogP contribution in [-0.4, -0.2) is 12.3 Å². The average molecular weight is 238 g/mol. The second-order valence-corrected chi connectivity index (χ2v) is 3.91. The standard InChI is InChI=1S/C13H18O4/c1-2-3-4-5-6-7-13(15)17-11-8-9-16-12(11)10-14/h8-10H,2-7H2,1H3. The lowest BCUT2D eigenvalue weighted by molar-refractivity contribution is -0.134. The summed E-state index contributed by atoms with van der Waals surface area (Å²) in [6.07, 6.45) is 7.63. The van der Waals surface area contributed by atoms with Gasteiger partial charge >= 0.3 is 5.97 Å². The van der Waals surface area contributed by atoms with Crippen molar-refractivity contribution in [1.82, 2.24) is 0 Å². The van der Waals surface area contributed by atoms with Gasteiger partial charge in [-0.2, -0.15) is 0 Å². The van der Waals surface area contributed by atoms with E-state index in [1.165, 1.54) is 25.2 Å². The largest absolute Gasteiger partial charge is 0.457 e. The summed E-state index contributed by atoms with van der Waals surface area (Å²) in [6.45, 7) is 2.15. The van der Waals surface area contributed by atoms with Gasteiger partial charge in [-0.1, -0.05) is 32.6 Å². The van der Waals surface area contributed by atoms with Crippen molar-refractivity contribution >= 4 is 12.3 Å². The monoisotopic (exact) mass is 238 g/mol. The molecule has 0 N–H and O–H groups in total. The average Bonchev–Trinajstić information content (AvgIpc) is 2.76. The molecule has 4 nitrogen and oxygen atoms in total. The lowest BCUT2D eigenvalue weighted by atomic mass is 10.1. The van der Waals surface area contributed by atoms with Gasteiger partial charge in [0.1, 0.15) is 0 Å². The molecule has 1 rings (SSSR count). The van der Waals surface area contributed by atoms with Gasteiger partial charge in [0.15, 0.2) is 12.0 Å². The minimum absolute atomic E-state index is 0.0596. The molecular formula is C13H18O4. The van der Waals surface area contributed by atoms with Crippen molar-refractivity contribution in [1.29, 1.82) is 0 Å². The van der Waals surface area contributed by atoms with Crippen molar-refractivity contribution in [2.24, 2.45) is 0 Å². The Hall–Kier alpha value is -1.58. The van der Waals surface area contributed by atoms with E-state index in [0.717, 1.165) is 19.3 Å². The molecule has 0 atom stereocenters. The quantitative estimate of drug-likeness (QED) is 0.396. The number of hydrogen-bond acceptors (Lipinski definition) is 4. The highest BCUT2D eigenvalue weighted by atomic mass is 16.5. The van der Waals surface area contributed by atoms with E-state index in [4.69, 9.17) is 9.15 Å². The Morgan fingerprint density at radius 2 is 2.12 bits per heavy atom. The lowest BCUT2D eigenvalue weighted by Gasteiger charge is -2.02. The molecule has 0 amide bonds. The zero-order valence-corrected chi connectivity index (χ0v) is 10.1. The molecule has 0 aromatic carbocycles. The maximum Gasteiger partial charge on any atom is 0.311 e. The maximum atomic E-state index is 11.4. The van der Waals surface area contributed by atoms with Crippen LogP contribution in [-0.2, 0) is 4.79 Å². The maximum absolute atomic E-state index is 11.4. The Kier molecular flexibility index (Phi) is 6.07. The van der Waals surface area contributed by atoms with Gasteiger partial charge in [0.25, 0.3) is 0 Å². The Morgan fingerprint density at radius 3 is 2.82 bits per heavy atom. The molecule has 17 heavy (non-hydrogen) atoms. The summed E-state index contributed by atoms with van der Waals surface area (Å²) < 4.78 is 9.85. The normalized spacial score (nSPS) is 10.2. The predicted molar refractivity (Wildman–Crippen MR) is 63.1 cm³/mol. The Balaban J connectivity index is 2.23. The first-order valence-electron chi connectivity index (χ1n) is 6.01. The first-order valence-corrected chi connectivity index (χ1v) is 6.01. The fourth-order valence-electron chi connectivity index (χ4n) is 1.53. The minimum atomic E-state index is -0.314. The molecule has 4 heteroatoms. The number of esters is 1.